The first kappa shape index (κ1) is 19.1. The van der Waals surface area contributed by atoms with Crippen molar-refractivity contribution in [3.63, 3.8) is 0 Å². The fourth-order valence-electron chi connectivity index (χ4n) is 2.47. The van der Waals surface area contributed by atoms with Gasteiger partial charge in [-0.05, 0) is 30.3 Å². The van der Waals surface area contributed by atoms with Crippen LogP contribution in [0.5, 0.6) is 11.5 Å². The molecule has 8 heteroatoms. The zero-order chi connectivity index (χ0) is 19.9. The molecule has 0 aliphatic rings. The molecular formula is C20H19FN4O3. The fourth-order valence-corrected chi connectivity index (χ4v) is 2.47. The Morgan fingerprint density at radius 2 is 1.86 bits per heavy atom. The number of ether oxygens (including phenoxy) is 2. The summed E-state index contributed by atoms with van der Waals surface area (Å²) in [6.07, 6.45) is 0. The van der Waals surface area contributed by atoms with Gasteiger partial charge in [0.05, 0.1) is 19.9 Å². The van der Waals surface area contributed by atoms with Gasteiger partial charge in [-0.1, -0.05) is 18.2 Å². The molecule has 0 saturated heterocycles. The molecule has 1 aromatic heterocycles. The van der Waals surface area contributed by atoms with Gasteiger partial charge in [-0.3, -0.25) is 4.79 Å². The predicted molar refractivity (Wildman–Crippen MR) is 102 cm³/mol. The molecule has 0 saturated carbocycles. The molecule has 0 bridgehead atoms. The molecule has 3 rings (SSSR count). The number of hydrogen-bond acceptors (Lipinski definition) is 6. The Kier molecular flexibility index (Phi) is 6.01. The van der Waals surface area contributed by atoms with Gasteiger partial charge in [-0.25, -0.2) is 4.39 Å². The van der Waals surface area contributed by atoms with Crippen LogP contribution in [0.4, 0.5) is 15.9 Å². The molecule has 0 atom stereocenters. The highest BCUT2D eigenvalue weighted by atomic mass is 19.1. The van der Waals surface area contributed by atoms with Crippen molar-refractivity contribution in [2.24, 2.45) is 0 Å². The first-order valence-electron chi connectivity index (χ1n) is 8.45. The Morgan fingerprint density at radius 1 is 1.04 bits per heavy atom. The summed E-state index contributed by atoms with van der Waals surface area (Å²) in [4.78, 5) is 12.2. The van der Waals surface area contributed by atoms with Crippen LogP contribution in [-0.2, 0) is 6.54 Å². The topological polar surface area (TPSA) is 85.4 Å². The highest BCUT2D eigenvalue weighted by Gasteiger charge is 2.11. The van der Waals surface area contributed by atoms with Crippen LogP contribution in [0.25, 0.3) is 0 Å². The molecule has 3 aromatic rings. The SMILES string of the molecule is COc1ccc(Nc2ccc(C(=O)NCc3ccccc3F)nn2)c(OC)c1. The molecule has 1 amide bonds. The highest BCUT2D eigenvalue weighted by Crippen LogP contribution is 2.30. The van der Waals surface area contributed by atoms with Crippen LogP contribution in [0, 0.1) is 5.82 Å². The second kappa shape index (κ2) is 8.81. The molecule has 0 unspecified atom stereocenters. The minimum absolute atomic E-state index is 0.0657. The van der Waals surface area contributed by atoms with E-state index in [4.69, 9.17) is 9.47 Å². The number of halogens is 1. The van der Waals surface area contributed by atoms with Gasteiger partial charge in [0, 0.05) is 18.2 Å². The second-order valence-corrected chi connectivity index (χ2v) is 5.77. The molecular weight excluding hydrogens is 363 g/mol. The average Bonchev–Trinajstić information content (AvgIpc) is 2.73. The maximum atomic E-state index is 13.6. The number of anilines is 2. The van der Waals surface area contributed by atoms with Gasteiger partial charge in [-0.2, -0.15) is 0 Å². The van der Waals surface area contributed by atoms with Gasteiger partial charge in [0.25, 0.3) is 5.91 Å². The first-order chi connectivity index (χ1) is 13.6. The van der Waals surface area contributed by atoms with Gasteiger partial charge in [0.2, 0.25) is 0 Å². The highest BCUT2D eigenvalue weighted by molar-refractivity contribution is 5.92. The molecule has 1 heterocycles. The number of benzene rings is 2. The van der Waals surface area contributed by atoms with Gasteiger partial charge < -0.3 is 20.1 Å². The van der Waals surface area contributed by atoms with Gasteiger partial charge in [0.15, 0.2) is 11.5 Å². The van der Waals surface area contributed by atoms with Gasteiger partial charge >= 0.3 is 0 Å². The Bertz CT molecular complexity index is 964. The zero-order valence-electron chi connectivity index (χ0n) is 15.4. The van der Waals surface area contributed by atoms with Crippen molar-refractivity contribution in [1.82, 2.24) is 15.5 Å². The molecule has 0 aliphatic heterocycles. The van der Waals surface area contributed by atoms with E-state index in [0.29, 0.717) is 28.6 Å². The summed E-state index contributed by atoms with van der Waals surface area (Å²) in [5.74, 6) is 0.864. The first-order valence-corrected chi connectivity index (χ1v) is 8.45. The summed E-state index contributed by atoms with van der Waals surface area (Å²) in [5, 5.41) is 13.6. The van der Waals surface area contributed by atoms with E-state index in [2.05, 4.69) is 20.8 Å². The molecule has 7 nitrogen and oxygen atoms in total. The number of hydrogen-bond donors (Lipinski definition) is 2. The average molecular weight is 382 g/mol. The molecule has 0 radical (unpaired) electrons. The number of carbonyl (C=O) groups is 1. The lowest BCUT2D eigenvalue weighted by Gasteiger charge is -2.12. The Labute approximate surface area is 161 Å². The third-order valence-corrected chi connectivity index (χ3v) is 3.97. The van der Waals surface area contributed by atoms with Crippen molar-refractivity contribution >= 4 is 17.4 Å². The number of nitrogens with zero attached hydrogens (tertiary/aromatic N) is 2. The minimum atomic E-state index is -0.440. The summed E-state index contributed by atoms with van der Waals surface area (Å²) < 4.78 is 24.1. The van der Waals surface area contributed by atoms with E-state index < -0.39 is 5.91 Å². The number of amides is 1. The van der Waals surface area contributed by atoms with Crippen LogP contribution in [0.1, 0.15) is 16.1 Å². The van der Waals surface area contributed by atoms with Gasteiger partial charge in [-0.15, -0.1) is 10.2 Å². The van der Waals surface area contributed by atoms with Crippen LogP contribution in [0.15, 0.2) is 54.6 Å². The van der Waals surface area contributed by atoms with Crippen LogP contribution in [-0.4, -0.2) is 30.3 Å². The van der Waals surface area contributed by atoms with Crippen LogP contribution in [0.3, 0.4) is 0 Å². The quantitative estimate of drug-likeness (QED) is 0.652. The van der Waals surface area contributed by atoms with Crippen LogP contribution < -0.4 is 20.1 Å². The van der Waals surface area contributed by atoms with Crippen molar-refractivity contribution in [3.05, 3.63) is 71.7 Å². The van der Waals surface area contributed by atoms with E-state index in [1.54, 1.807) is 56.7 Å². The van der Waals surface area contributed by atoms with E-state index in [9.17, 15) is 9.18 Å². The van der Waals surface area contributed by atoms with Gasteiger partial charge in [0.1, 0.15) is 17.3 Å². The lowest BCUT2D eigenvalue weighted by atomic mass is 10.2. The molecule has 28 heavy (non-hydrogen) atoms. The van der Waals surface area contributed by atoms with Crippen LogP contribution in [0.2, 0.25) is 0 Å². The lowest BCUT2D eigenvalue weighted by Crippen LogP contribution is -2.24. The molecule has 2 N–H and O–H groups in total. The third kappa shape index (κ3) is 4.53. The van der Waals surface area contributed by atoms with E-state index in [1.165, 1.54) is 12.1 Å². The van der Waals surface area contributed by atoms with E-state index in [-0.39, 0.29) is 18.1 Å². The van der Waals surface area contributed by atoms with E-state index in [1.807, 2.05) is 0 Å². The molecule has 2 aromatic carbocycles. The third-order valence-electron chi connectivity index (χ3n) is 3.97. The van der Waals surface area contributed by atoms with Crippen molar-refractivity contribution < 1.29 is 18.7 Å². The normalized spacial score (nSPS) is 10.2. The Morgan fingerprint density at radius 3 is 2.54 bits per heavy atom. The lowest BCUT2D eigenvalue weighted by molar-refractivity contribution is 0.0944. The molecule has 0 fully saturated rings. The molecule has 0 aliphatic carbocycles. The van der Waals surface area contributed by atoms with Crippen molar-refractivity contribution in [3.8, 4) is 11.5 Å². The van der Waals surface area contributed by atoms with Crippen molar-refractivity contribution in [1.29, 1.82) is 0 Å². The number of methoxy groups -OCH3 is 2. The number of carbonyl (C=O) groups excluding carboxylic acids is 1. The minimum Gasteiger partial charge on any atom is -0.497 e. The fraction of sp³-hybridized carbons (Fsp3) is 0.150. The molecule has 144 valence electrons. The number of aromatic nitrogens is 2. The number of rotatable bonds is 7. The summed E-state index contributed by atoms with van der Waals surface area (Å²) in [6, 6.07) is 14.7. The van der Waals surface area contributed by atoms with Crippen LogP contribution >= 0.6 is 0 Å². The van der Waals surface area contributed by atoms with Crippen molar-refractivity contribution in [2.75, 3.05) is 19.5 Å². The maximum Gasteiger partial charge on any atom is 0.272 e. The predicted octanol–water partition coefficient (Wildman–Crippen LogP) is 3.31. The number of nitrogens with one attached hydrogen (secondary N) is 2. The summed E-state index contributed by atoms with van der Waals surface area (Å²) in [6.45, 7) is 0.0657. The Balaban J connectivity index is 1.65. The summed E-state index contributed by atoms with van der Waals surface area (Å²) in [5.41, 5.74) is 1.20. The smallest absolute Gasteiger partial charge is 0.272 e. The standard InChI is InChI=1S/C20H19FN4O3/c1-27-14-7-8-16(18(11-14)28-2)23-19-10-9-17(24-25-19)20(26)22-12-13-5-3-4-6-15(13)21/h3-11H,12H2,1-2H3,(H,22,26)(H,23,25). The Hall–Kier alpha value is -3.68. The zero-order valence-corrected chi connectivity index (χ0v) is 15.4. The monoisotopic (exact) mass is 382 g/mol. The largest absolute Gasteiger partial charge is 0.497 e. The molecule has 0 spiro atoms. The van der Waals surface area contributed by atoms with E-state index >= 15 is 0 Å². The summed E-state index contributed by atoms with van der Waals surface area (Å²) >= 11 is 0. The summed E-state index contributed by atoms with van der Waals surface area (Å²) in [7, 11) is 3.12. The second-order valence-electron chi connectivity index (χ2n) is 5.77. The van der Waals surface area contributed by atoms with E-state index in [0.717, 1.165) is 0 Å². The van der Waals surface area contributed by atoms with Crippen molar-refractivity contribution in [2.45, 2.75) is 6.54 Å². The maximum absolute atomic E-state index is 13.6.